The Morgan fingerprint density at radius 1 is 1.04 bits per heavy atom. The summed E-state index contributed by atoms with van der Waals surface area (Å²) < 4.78 is 27.5. The molecule has 1 heterocycles. The van der Waals surface area contributed by atoms with Gasteiger partial charge in [-0.3, -0.25) is 14.5 Å². The van der Waals surface area contributed by atoms with Crippen molar-refractivity contribution in [3.63, 3.8) is 0 Å². The van der Waals surface area contributed by atoms with E-state index in [4.69, 9.17) is 0 Å². The Kier molecular flexibility index (Phi) is 4.95. The summed E-state index contributed by atoms with van der Waals surface area (Å²) in [4.78, 5) is 24.6. The van der Waals surface area contributed by atoms with Gasteiger partial charge in [0.05, 0.1) is 10.6 Å². The summed E-state index contributed by atoms with van der Waals surface area (Å²) in [7, 11) is -3.71. The van der Waals surface area contributed by atoms with Gasteiger partial charge in [-0.2, -0.15) is 0 Å². The zero-order valence-electron chi connectivity index (χ0n) is 13.9. The molecule has 2 fully saturated rings. The van der Waals surface area contributed by atoms with E-state index in [9.17, 15) is 23.1 Å². The van der Waals surface area contributed by atoms with Crippen molar-refractivity contribution < 1.29 is 23.1 Å². The first-order chi connectivity index (χ1) is 11.9. The van der Waals surface area contributed by atoms with Crippen LogP contribution in [0.15, 0.2) is 29.2 Å². The summed E-state index contributed by atoms with van der Waals surface area (Å²) >= 11 is 0. The SMILES string of the molecule is O=C1CCC(=O)N1c1ccc(S(=O)(=O)NCC2(CO)CCCC2)cc1. The summed E-state index contributed by atoms with van der Waals surface area (Å²) in [5.41, 5.74) is 0.00979. The van der Waals surface area contributed by atoms with Crippen molar-refractivity contribution in [3.8, 4) is 0 Å². The van der Waals surface area contributed by atoms with Crippen LogP contribution in [0.3, 0.4) is 0 Å². The molecule has 0 radical (unpaired) electrons. The molecule has 1 saturated heterocycles. The number of hydrogen-bond donors (Lipinski definition) is 2. The molecule has 25 heavy (non-hydrogen) atoms. The van der Waals surface area contributed by atoms with Gasteiger partial charge < -0.3 is 5.11 Å². The Bertz CT molecular complexity index is 751. The smallest absolute Gasteiger partial charge is 0.240 e. The second kappa shape index (κ2) is 6.86. The van der Waals surface area contributed by atoms with Crippen molar-refractivity contribution in [1.29, 1.82) is 0 Å². The van der Waals surface area contributed by atoms with Gasteiger partial charge in [0.2, 0.25) is 21.8 Å². The van der Waals surface area contributed by atoms with Crippen molar-refractivity contribution in [1.82, 2.24) is 4.72 Å². The van der Waals surface area contributed by atoms with Gasteiger partial charge in [0.25, 0.3) is 0 Å². The monoisotopic (exact) mass is 366 g/mol. The molecule has 7 nitrogen and oxygen atoms in total. The molecule has 8 heteroatoms. The molecule has 1 aliphatic carbocycles. The van der Waals surface area contributed by atoms with E-state index in [1.807, 2.05) is 0 Å². The molecule has 3 rings (SSSR count). The van der Waals surface area contributed by atoms with Crippen LogP contribution in [-0.2, 0) is 19.6 Å². The van der Waals surface area contributed by atoms with Gasteiger partial charge in [0.1, 0.15) is 0 Å². The van der Waals surface area contributed by atoms with E-state index in [1.54, 1.807) is 0 Å². The lowest BCUT2D eigenvalue weighted by Gasteiger charge is -2.26. The number of nitrogens with zero attached hydrogens (tertiary/aromatic N) is 1. The molecule has 136 valence electrons. The van der Waals surface area contributed by atoms with Crippen LogP contribution in [0.4, 0.5) is 5.69 Å². The normalized spacial score (nSPS) is 20.4. The first kappa shape index (κ1) is 18.0. The topological polar surface area (TPSA) is 104 Å². The summed E-state index contributed by atoms with van der Waals surface area (Å²) in [6.45, 7) is 0.171. The molecule has 0 bridgehead atoms. The van der Waals surface area contributed by atoms with E-state index in [1.165, 1.54) is 24.3 Å². The number of anilines is 1. The standard InChI is InChI=1S/C17H22N2O5S/c20-12-17(9-1-2-10-17)11-18-25(23,24)14-5-3-13(4-6-14)19-15(21)7-8-16(19)22/h3-6,18,20H,1-2,7-12H2. The molecule has 0 spiro atoms. The molecule has 2 aliphatic rings. The number of benzene rings is 1. The molecular formula is C17H22N2O5S. The minimum absolute atomic E-state index is 0.0341. The second-order valence-electron chi connectivity index (χ2n) is 6.81. The van der Waals surface area contributed by atoms with Crippen molar-refractivity contribution in [2.24, 2.45) is 5.41 Å². The van der Waals surface area contributed by atoms with Gasteiger partial charge in [0.15, 0.2) is 0 Å². The minimum Gasteiger partial charge on any atom is -0.396 e. The Hall–Kier alpha value is -1.77. The highest BCUT2D eigenvalue weighted by molar-refractivity contribution is 7.89. The van der Waals surface area contributed by atoms with Crippen LogP contribution in [0, 0.1) is 5.41 Å². The van der Waals surface area contributed by atoms with E-state index in [-0.39, 0.29) is 48.1 Å². The first-order valence-corrected chi connectivity index (χ1v) is 9.92. The lowest BCUT2D eigenvalue weighted by atomic mass is 9.88. The van der Waals surface area contributed by atoms with Crippen LogP contribution in [0.2, 0.25) is 0 Å². The molecule has 1 saturated carbocycles. The van der Waals surface area contributed by atoms with E-state index in [0.717, 1.165) is 30.6 Å². The number of nitrogens with one attached hydrogen (secondary N) is 1. The van der Waals surface area contributed by atoms with Crippen molar-refractivity contribution in [2.45, 2.75) is 43.4 Å². The number of aliphatic hydroxyl groups is 1. The van der Waals surface area contributed by atoms with Crippen LogP contribution < -0.4 is 9.62 Å². The zero-order chi connectivity index (χ0) is 18.1. The molecule has 1 aromatic rings. The average Bonchev–Trinajstić information content (AvgIpc) is 3.21. The third kappa shape index (κ3) is 3.61. The predicted molar refractivity (Wildman–Crippen MR) is 91.3 cm³/mol. The highest BCUT2D eigenvalue weighted by Crippen LogP contribution is 2.37. The van der Waals surface area contributed by atoms with Gasteiger partial charge in [0, 0.05) is 31.4 Å². The van der Waals surface area contributed by atoms with Crippen LogP contribution in [0.5, 0.6) is 0 Å². The fraction of sp³-hybridized carbons (Fsp3) is 0.529. The summed E-state index contributed by atoms with van der Waals surface area (Å²) in [6, 6.07) is 5.70. The molecule has 0 aromatic heterocycles. The minimum atomic E-state index is -3.71. The molecule has 0 atom stereocenters. The fourth-order valence-corrected chi connectivity index (χ4v) is 4.64. The van der Waals surface area contributed by atoms with Crippen LogP contribution in [0.1, 0.15) is 38.5 Å². The molecule has 0 unspecified atom stereocenters. The predicted octanol–water partition coefficient (Wildman–Crippen LogP) is 1.17. The summed E-state index contributed by atoms with van der Waals surface area (Å²) in [5, 5.41) is 9.59. The zero-order valence-corrected chi connectivity index (χ0v) is 14.7. The largest absolute Gasteiger partial charge is 0.396 e. The third-order valence-corrected chi connectivity index (χ3v) is 6.51. The van der Waals surface area contributed by atoms with E-state index in [2.05, 4.69) is 4.72 Å². The lowest BCUT2D eigenvalue weighted by molar-refractivity contribution is -0.121. The van der Waals surface area contributed by atoms with E-state index >= 15 is 0 Å². The number of sulfonamides is 1. The Balaban J connectivity index is 1.72. The maximum Gasteiger partial charge on any atom is 0.240 e. The van der Waals surface area contributed by atoms with Crippen molar-refractivity contribution >= 4 is 27.5 Å². The van der Waals surface area contributed by atoms with Crippen molar-refractivity contribution in [3.05, 3.63) is 24.3 Å². The number of imide groups is 1. The number of amides is 2. The number of aliphatic hydroxyl groups excluding tert-OH is 1. The van der Waals surface area contributed by atoms with Gasteiger partial charge in [-0.05, 0) is 37.1 Å². The first-order valence-electron chi connectivity index (χ1n) is 8.43. The fourth-order valence-electron chi connectivity index (χ4n) is 3.49. The Labute approximate surface area is 147 Å². The van der Waals surface area contributed by atoms with Crippen LogP contribution in [-0.4, -0.2) is 38.5 Å². The average molecular weight is 366 g/mol. The maximum atomic E-state index is 12.5. The summed E-state index contributed by atoms with van der Waals surface area (Å²) in [5.74, 6) is -0.547. The van der Waals surface area contributed by atoms with Gasteiger partial charge >= 0.3 is 0 Å². The Morgan fingerprint density at radius 3 is 2.12 bits per heavy atom. The number of rotatable bonds is 6. The highest BCUT2D eigenvalue weighted by Gasteiger charge is 2.35. The van der Waals surface area contributed by atoms with Gasteiger partial charge in [-0.1, -0.05) is 12.8 Å². The van der Waals surface area contributed by atoms with Crippen LogP contribution >= 0.6 is 0 Å². The molecule has 1 aliphatic heterocycles. The van der Waals surface area contributed by atoms with E-state index < -0.39 is 10.0 Å². The van der Waals surface area contributed by atoms with Crippen LogP contribution in [0.25, 0.3) is 0 Å². The van der Waals surface area contributed by atoms with Gasteiger partial charge in [-0.15, -0.1) is 0 Å². The number of hydrogen-bond acceptors (Lipinski definition) is 5. The number of carbonyl (C=O) groups excluding carboxylic acids is 2. The highest BCUT2D eigenvalue weighted by atomic mass is 32.2. The molecular weight excluding hydrogens is 344 g/mol. The second-order valence-corrected chi connectivity index (χ2v) is 8.57. The quantitative estimate of drug-likeness (QED) is 0.736. The van der Waals surface area contributed by atoms with E-state index in [0.29, 0.717) is 5.69 Å². The lowest BCUT2D eigenvalue weighted by Crippen LogP contribution is -2.38. The number of carbonyl (C=O) groups is 2. The summed E-state index contributed by atoms with van der Waals surface area (Å²) in [6.07, 6.45) is 3.98. The Morgan fingerprint density at radius 2 is 1.60 bits per heavy atom. The third-order valence-electron chi connectivity index (χ3n) is 5.09. The molecule has 1 aromatic carbocycles. The van der Waals surface area contributed by atoms with Gasteiger partial charge in [-0.25, -0.2) is 13.1 Å². The maximum absolute atomic E-state index is 12.5. The molecule has 2 amide bonds. The van der Waals surface area contributed by atoms with Crippen molar-refractivity contribution in [2.75, 3.05) is 18.1 Å². The molecule has 2 N–H and O–H groups in total.